The van der Waals surface area contributed by atoms with Gasteiger partial charge >= 0.3 is 5.97 Å². The van der Waals surface area contributed by atoms with E-state index in [0.717, 1.165) is 5.01 Å². The summed E-state index contributed by atoms with van der Waals surface area (Å²) in [7, 11) is 1.26. The van der Waals surface area contributed by atoms with Gasteiger partial charge in [0.1, 0.15) is 10.9 Å². The smallest absolute Gasteiger partial charge is 0.308 e. The number of rotatable bonds is 3. The zero-order valence-electron chi connectivity index (χ0n) is 12.1. The van der Waals surface area contributed by atoms with Crippen molar-refractivity contribution in [2.45, 2.75) is 26.3 Å². The van der Waals surface area contributed by atoms with E-state index in [2.05, 4.69) is 15.0 Å². The van der Waals surface area contributed by atoms with Crippen molar-refractivity contribution in [2.24, 2.45) is 0 Å². The second-order valence-corrected chi connectivity index (χ2v) is 5.94. The number of nitrogens with zero attached hydrogens (tertiary/aromatic N) is 2. The molecule has 2 rings (SSSR count). The van der Waals surface area contributed by atoms with Gasteiger partial charge in [-0.25, -0.2) is 4.98 Å². The summed E-state index contributed by atoms with van der Waals surface area (Å²) < 4.78 is 4.60. The minimum Gasteiger partial charge on any atom is -0.469 e. The molecule has 1 saturated heterocycles. The van der Waals surface area contributed by atoms with Crippen LogP contribution < -0.4 is 5.32 Å². The Morgan fingerprint density at radius 2 is 2.19 bits per heavy atom. The van der Waals surface area contributed by atoms with Crippen molar-refractivity contribution in [1.29, 1.82) is 0 Å². The standard InChI is InChI=1S/C13H17N3O4S/c1-7-11(21-8(2)15-7)13(19)16-5-4-14-12(18)9(16)6-10(17)20-3/h9H,4-6H2,1-3H3,(H,14,18)/t9-/m0/s1. The first-order valence-corrected chi connectivity index (χ1v) is 7.35. The van der Waals surface area contributed by atoms with E-state index in [1.165, 1.54) is 23.3 Å². The summed E-state index contributed by atoms with van der Waals surface area (Å²) in [5, 5.41) is 3.46. The first-order chi connectivity index (χ1) is 9.93. The van der Waals surface area contributed by atoms with E-state index in [9.17, 15) is 14.4 Å². The highest BCUT2D eigenvalue weighted by Crippen LogP contribution is 2.22. The number of thiazole rings is 1. The summed E-state index contributed by atoms with van der Waals surface area (Å²) in [6.45, 7) is 4.32. The highest BCUT2D eigenvalue weighted by molar-refractivity contribution is 7.13. The lowest BCUT2D eigenvalue weighted by Gasteiger charge is -2.34. The van der Waals surface area contributed by atoms with E-state index in [1.807, 2.05) is 6.92 Å². The zero-order valence-corrected chi connectivity index (χ0v) is 13.0. The van der Waals surface area contributed by atoms with Crippen LogP contribution in [0.2, 0.25) is 0 Å². The number of aryl methyl sites for hydroxylation is 2. The van der Waals surface area contributed by atoms with Crippen molar-refractivity contribution in [3.63, 3.8) is 0 Å². The molecule has 1 aromatic heterocycles. The molecule has 0 spiro atoms. The second kappa shape index (κ2) is 6.21. The molecule has 2 amide bonds. The lowest BCUT2D eigenvalue weighted by atomic mass is 10.1. The van der Waals surface area contributed by atoms with Gasteiger partial charge in [0.05, 0.1) is 24.2 Å². The quantitative estimate of drug-likeness (QED) is 0.809. The van der Waals surface area contributed by atoms with Gasteiger partial charge in [-0.15, -0.1) is 11.3 Å². The van der Waals surface area contributed by atoms with Crippen LogP contribution in [0.4, 0.5) is 0 Å². The van der Waals surface area contributed by atoms with Gasteiger partial charge in [0.25, 0.3) is 5.91 Å². The molecule has 1 aliphatic rings. The fourth-order valence-corrected chi connectivity index (χ4v) is 3.14. The molecular weight excluding hydrogens is 294 g/mol. The molecule has 0 saturated carbocycles. The number of amides is 2. The van der Waals surface area contributed by atoms with Crippen LogP contribution in [0.15, 0.2) is 0 Å². The van der Waals surface area contributed by atoms with Crippen LogP contribution in [0.3, 0.4) is 0 Å². The van der Waals surface area contributed by atoms with Crippen LogP contribution in [0.25, 0.3) is 0 Å². The van der Waals surface area contributed by atoms with Gasteiger partial charge in [-0.3, -0.25) is 14.4 Å². The number of nitrogens with one attached hydrogen (secondary N) is 1. The van der Waals surface area contributed by atoms with E-state index in [0.29, 0.717) is 23.7 Å². The predicted octanol–water partition coefficient (Wildman–Crippen LogP) is 0.264. The number of piperazine rings is 1. The zero-order chi connectivity index (χ0) is 15.6. The van der Waals surface area contributed by atoms with E-state index in [1.54, 1.807) is 6.92 Å². The van der Waals surface area contributed by atoms with Gasteiger partial charge < -0.3 is 15.0 Å². The minimum atomic E-state index is -0.833. The Morgan fingerprint density at radius 3 is 2.76 bits per heavy atom. The van der Waals surface area contributed by atoms with Crippen LogP contribution in [-0.4, -0.2) is 53.9 Å². The summed E-state index contributed by atoms with van der Waals surface area (Å²) in [5.74, 6) is -1.12. The Labute approximate surface area is 126 Å². The summed E-state index contributed by atoms with van der Waals surface area (Å²) in [6.07, 6.45) is -0.148. The molecule has 0 unspecified atom stereocenters. The molecular formula is C13H17N3O4S. The third-order valence-electron chi connectivity index (χ3n) is 3.28. The number of carbonyl (C=O) groups excluding carboxylic acids is 3. The lowest BCUT2D eigenvalue weighted by molar-refractivity contribution is -0.145. The van der Waals surface area contributed by atoms with E-state index >= 15 is 0 Å². The topological polar surface area (TPSA) is 88.6 Å². The Balaban J connectivity index is 2.25. The number of ether oxygens (including phenoxy) is 1. The highest BCUT2D eigenvalue weighted by atomic mass is 32.1. The van der Waals surface area contributed by atoms with Gasteiger partial charge in [-0.1, -0.05) is 0 Å². The Hall–Kier alpha value is -1.96. The Morgan fingerprint density at radius 1 is 1.48 bits per heavy atom. The summed E-state index contributed by atoms with van der Waals surface area (Å²) in [6, 6.07) is -0.833. The van der Waals surface area contributed by atoms with Crippen LogP contribution >= 0.6 is 11.3 Å². The van der Waals surface area contributed by atoms with Crippen molar-refractivity contribution in [2.75, 3.05) is 20.2 Å². The average molecular weight is 311 g/mol. The minimum absolute atomic E-state index is 0.148. The number of hydrogen-bond acceptors (Lipinski definition) is 6. The van der Waals surface area contributed by atoms with Crippen LogP contribution in [0.1, 0.15) is 26.8 Å². The largest absolute Gasteiger partial charge is 0.469 e. The van der Waals surface area contributed by atoms with Gasteiger partial charge in [0.15, 0.2) is 0 Å². The molecule has 0 aliphatic carbocycles. The number of carbonyl (C=O) groups is 3. The van der Waals surface area contributed by atoms with E-state index in [4.69, 9.17) is 0 Å². The number of esters is 1. The molecule has 0 aromatic carbocycles. The molecule has 1 N–H and O–H groups in total. The molecule has 2 heterocycles. The number of hydrogen-bond donors (Lipinski definition) is 1. The van der Waals surface area contributed by atoms with Crippen molar-refractivity contribution >= 4 is 29.1 Å². The molecule has 0 bridgehead atoms. The Kier molecular flexibility index (Phi) is 4.56. The molecule has 1 atom stereocenters. The molecule has 1 fully saturated rings. The fourth-order valence-electron chi connectivity index (χ4n) is 2.26. The summed E-state index contributed by atoms with van der Waals surface area (Å²) in [5.41, 5.74) is 0.644. The number of aromatic nitrogens is 1. The van der Waals surface area contributed by atoms with Crippen LogP contribution in [0.5, 0.6) is 0 Å². The van der Waals surface area contributed by atoms with Crippen molar-refractivity contribution in [3.05, 3.63) is 15.6 Å². The molecule has 8 heteroatoms. The molecule has 1 aromatic rings. The maximum atomic E-state index is 12.6. The van der Waals surface area contributed by atoms with Crippen molar-refractivity contribution < 1.29 is 19.1 Å². The summed E-state index contributed by atoms with van der Waals surface area (Å²) in [4.78, 5) is 42.2. The van der Waals surface area contributed by atoms with Crippen molar-refractivity contribution in [3.8, 4) is 0 Å². The van der Waals surface area contributed by atoms with E-state index in [-0.39, 0.29) is 18.2 Å². The predicted molar refractivity (Wildman–Crippen MR) is 76.1 cm³/mol. The maximum Gasteiger partial charge on any atom is 0.308 e. The average Bonchev–Trinajstić information content (AvgIpc) is 2.79. The van der Waals surface area contributed by atoms with Gasteiger partial charge in [-0.2, -0.15) is 0 Å². The normalized spacial score (nSPS) is 18.3. The molecule has 21 heavy (non-hydrogen) atoms. The molecule has 7 nitrogen and oxygen atoms in total. The van der Waals surface area contributed by atoms with Gasteiger partial charge in [0.2, 0.25) is 5.91 Å². The molecule has 1 aliphatic heterocycles. The number of methoxy groups -OCH3 is 1. The van der Waals surface area contributed by atoms with Crippen molar-refractivity contribution in [1.82, 2.24) is 15.2 Å². The van der Waals surface area contributed by atoms with Crippen LogP contribution in [0, 0.1) is 13.8 Å². The fraction of sp³-hybridized carbons (Fsp3) is 0.538. The monoisotopic (exact) mass is 311 g/mol. The highest BCUT2D eigenvalue weighted by Gasteiger charge is 2.36. The molecule has 0 radical (unpaired) electrons. The van der Waals surface area contributed by atoms with Gasteiger partial charge in [0, 0.05) is 13.1 Å². The first kappa shape index (κ1) is 15.4. The van der Waals surface area contributed by atoms with E-state index < -0.39 is 12.0 Å². The Bertz CT molecular complexity index is 584. The van der Waals surface area contributed by atoms with Crippen LogP contribution in [-0.2, 0) is 14.3 Å². The summed E-state index contributed by atoms with van der Waals surface area (Å²) >= 11 is 1.29. The SMILES string of the molecule is COC(=O)C[C@H]1C(=O)NCCN1C(=O)c1sc(C)nc1C. The first-order valence-electron chi connectivity index (χ1n) is 6.53. The second-order valence-electron chi connectivity index (χ2n) is 4.73. The maximum absolute atomic E-state index is 12.6. The third kappa shape index (κ3) is 3.21. The lowest BCUT2D eigenvalue weighted by Crippen LogP contribution is -2.57. The molecule has 114 valence electrons. The van der Waals surface area contributed by atoms with Gasteiger partial charge in [-0.05, 0) is 13.8 Å². The third-order valence-corrected chi connectivity index (χ3v) is 4.34.